The first-order chi connectivity index (χ1) is 8.08. The van der Waals surface area contributed by atoms with E-state index in [1.165, 1.54) is 11.3 Å². The molecule has 90 valence electrons. The molecular formula is C11H6BrClF2OS. The van der Waals surface area contributed by atoms with Crippen molar-refractivity contribution in [1.29, 1.82) is 0 Å². The van der Waals surface area contributed by atoms with Crippen molar-refractivity contribution in [2.45, 2.75) is 6.61 Å². The zero-order valence-electron chi connectivity index (χ0n) is 8.34. The molecule has 17 heavy (non-hydrogen) atoms. The third-order valence-electron chi connectivity index (χ3n) is 2.02. The fourth-order valence-electron chi connectivity index (χ4n) is 1.23. The first kappa shape index (κ1) is 12.8. The smallest absolute Gasteiger partial charge is 0.191 e. The Morgan fingerprint density at radius 2 is 1.88 bits per heavy atom. The van der Waals surface area contributed by atoms with Gasteiger partial charge in [0.25, 0.3) is 0 Å². The summed E-state index contributed by atoms with van der Waals surface area (Å²) in [4.78, 5) is 0. The Morgan fingerprint density at radius 1 is 1.24 bits per heavy atom. The summed E-state index contributed by atoms with van der Waals surface area (Å²) >= 11 is 10.2. The summed E-state index contributed by atoms with van der Waals surface area (Å²) in [6.45, 7) is 0.0395. The molecule has 0 aliphatic rings. The summed E-state index contributed by atoms with van der Waals surface area (Å²) in [5.41, 5.74) is 0.707. The van der Waals surface area contributed by atoms with Crippen LogP contribution in [0.5, 0.6) is 5.75 Å². The van der Waals surface area contributed by atoms with Gasteiger partial charge >= 0.3 is 0 Å². The van der Waals surface area contributed by atoms with Crippen molar-refractivity contribution in [3.8, 4) is 5.75 Å². The van der Waals surface area contributed by atoms with E-state index in [-0.39, 0.29) is 6.61 Å². The van der Waals surface area contributed by atoms with Gasteiger partial charge in [0, 0.05) is 15.4 Å². The monoisotopic (exact) mass is 338 g/mol. The maximum absolute atomic E-state index is 13.4. The highest BCUT2D eigenvalue weighted by molar-refractivity contribution is 9.10. The van der Waals surface area contributed by atoms with E-state index in [0.29, 0.717) is 15.1 Å². The quantitative estimate of drug-likeness (QED) is 0.763. The second-order valence-electron chi connectivity index (χ2n) is 3.23. The highest BCUT2D eigenvalue weighted by Crippen LogP contribution is 2.28. The Morgan fingerprint density at radius 3 is 2.41 bits per heavy atom. The number of rotatable bonds is 3. The molecule has 0 aliphatic heterocycles. The molecule has 2 aromatic rings. The lowest BCUT2D eigenvalue weighted by molar-refractivity contribution is 0.274. The standard InChI is InChI=1S/C11H6BrClF2OS/c12-7-1-9(14)11(10(15)2-7)16-3-6-4-17-5-8(6)13/h1-2,4-5H,3H2. The van der Waals surface area contributed by atoms with E-state index >= 15 is 0 Å². The Hall–Kier alpha value is -0.650. The average molecular weight is 340 g/mol. The van der Waals surface area contributed by atoms with Crippen LogP contribution in [-0.4, -0.2) is 0 Å². The highest BCUT2D eigenvalue weighted by atomic mass is 79.9. The molecular weight excluding hydrogens is 334 g/mol. The molecule has 0 radical (unpaired) electrons. The van der Waals surface area contributed by atoms with Crippen LogP contribution in [0.3, 0.4) is 0 Å². The van der Waals surface area contributed by atoms with Gasteiger partial charge in [0.05, 0.1) is 5.02 Å². The summed E-state index contributed by atoms with van der Waals surface area (Å²) < 4.78 is 32.3. The Bertz CT molecular complexity index is 521. The number of ether oxygens (including phenoxy) is 1. The van der Waals surface area contributed by atoms with E-state index < -0.39 is 17.4 Å². The average Bonchev–Trinajstić information content (AvgIpc) is 2.62. The predicted octanol–water partition coefficient (Wildman–Crippen LogP) is 5.02. The molecule has 0 saturated carbocycles. The number of benzene rings is 1. The van der Waals surface area contributed by atoms with E-state index in [4.69, 9.17) is 16.3 Å². The SMILES string of the molecule is Fc1cc(Br)cc(F)c1OCc1cscc1Cl. The van der Waals surface area contributed by atoms with Crippen LogP contribution in [0.2, 0.25) is 5.02 Å². The lowest BCUT2D eigenvalue weighted by Gasteiger charge is -2.08. The zero-order chi connectivity index (χ0) is 12.4. The van der Waals surface area contributed by atoms with E-state index in [9.17, 15) is 8.78 Å². The third kappa shape index (κ3) is 2.97. The van der Waals surface area contributed by atoms with Gasteiger partial charge in [-0.2, -0.15) is 11.3 Å². The van der Waals surface area contributed by atoms with E-state index in [0.717, 1.165) is 12.1 Å². The first-order valence-corrected chi connectivity index (χ1v) is 6.67. The van der Waals surface area contributed by atoms with Crippen LogP contribution in [0.15, 0.2) is 27.4 Å². The van der Waals surface area contributed by atoms with Gasteiger partial charge in [-0.25, -0.2) is 8.78 Å². The number of thiophene rings is 1. The molecule has 1 nitrogen and oxygen atoms in total. The van der Waals surface area contributed by atoms with Crippen molar-refractivity contribution in [3.63, 3.8) is 0 Å². The minimum Gasteiger partial charge on any atom is -0.483 e. The van der Waals surface area contributed by atoms with Gasteiger partial charge in [-0.05, 0) is 17.5 Å². The molecule has 0 unspecified atom stereocenters. The normalized spacial score (nSPS) is 10.6. The zero-order valence-corrected chi connectivity index (χ0v) is 11.5. The lowest BCUT2D eigenvalue weighted by atomic mass is 10.3. The molecule has 2 rings (SSSR count). The van der Waals surface area contributed by atoms with Gasteiger partial charge in [-0.1, -0.05) is 27.5 Å². The van der Waals surface area contributed by atoms with Crippen molar-refractivity contribution < 1.29 is 13.5 Å². The predicted molar refractivity (Wildman–Crippen MR) is 67.7 cm³/mol. The Kier molecular flexibility index (Phi) is 4.01. The Labute approximate surface area is 114 Å². The molecule has 0 aliphatic carbocycles. The van der Waals surface area contributed by atoms with Crippen LogP contribution in [0.1, 0.15) is 5.56 Å². The molecule has 0 bridgehead atoms. The summed E-state index contributed by atoms with van der Waals surface area (Å²) in [7, 11) is 0. The topological polar surface area (TPSA) is 9.23 Å². The van der Waals surface area contributed by atoms with Gasteiger partial charge in [0.2, 0.25) is 0 Å². The number of hydrogen-bond acceptors (Lipinski definition) is 2. The van der Waals surface area contributed by atoms with Crippen LogP contribution in [0.25, 0.3) is 0 Å². The van der Waals surface area contributed by atoms with E-state index in [1.54, 1.807) is 10.8 Å². The Balaban J connectivity index is 2.17. The fraction of sp³-hybridized carbons (Fsp3) is 0.0909. The van der Waals surface area contributed by atoms with Crippen molar-refractivity contribution >= 4 is 38.9 Å². The molecule has 0 fully saturated rings. The van der Waals surface area contributed by atoms with Crippen LogP contribution >= 0.6 is 38.9 Å². The highest BCUT2D eigenvalue weighted by Gasteiger charge is 2.13. The maximum Gasteiger partial charge on any atom is 0.191 e. The van der Waals surface area contributed by atoms with E-state index in [1.807, 2.05) is 0 Å². The molecule has 1 aromatic carbocycles. The van der Waals surface area contributed by atoms with Gasteiger partial charge < -0.3 is 4.74 Å². The van der Waals surface area contributed by atoms with Crippen LogP contribution < -0.4 is 4.74 Å². The summed E-state index contributed by atoms with van der Waals surface area (Å²) in [5, 5.41) is 4.04. The summed E-state index contributed by atoms with van der Waals surface area (Å²) in [6.07, 6.45) is 0. The molecule has 0 amide bonds. The number of hydrogen-bond donors (Lipinski definition) is 0. The van der Waals surface area contributed by atoms with E-state index in [2.05, 4.69) is 15.9 Å². The third-order valence-corrected chi connectivity index (χ3v) is 3.76. The van der Waals surface area contributed by atoms with Crippen molar-refractivity contribution in [1.82, 2.24) is 0 Å². The molecule has 0 spiro atoms. The molecule has 0 saturated heterocycles. The molecule has 1 aromatic heterocycles. The second kappa shape index (κ2) is 5.33. The van der Waals surface area contributed by atoms with Gasteiger partial charge in [-0.3, -0.25) is 0 Å². The van der Waals surface area contributed by atoms with Crippen LogP contribution in [0, 0.1) is 11.6 Å². The van der Waals surface area contributed by atoms with Crippen LogP contribution in [0.4, 0.5) is 8.78 Å². The second-order valence-corrected chi connectivity index (χ2v) is 5.30. The van der Waals surface area contributed by atoms with Crippen molar-refractivity contribution in [2.24, 2.45) is 0 Å². The number of halogens is 4. The summed E-state index contributed by atoms with van der Waals surface area (Å²) in [5.74, 6) is -1.89. The molecule has 6 heteroatoms. The first-order valence-electron chi connectivity index (χ1n) is 4.56. The van der Waals surface area contributed by atoms with Gasteiger partial charge in [-0.15, -0.1) is 0 Å². The maximum atomic E-state index is 13.4. The minimum absolute atomic E-state index is 0.0395. The van der Waals surface area contributed by atoms with Gasteiger partial charge in [0.15, 0.2) is 17.4 Å². The lowest BCUT2D eigenvalue weighted by Crippen LogP contribution is -1.99. The van der Waals surface area contributed by atoms with Crippen molar-refractivity contribution in [2.75, 3.05) is 0 Å². The fourth-order valence-corrected chi connectivity index (χ4v) is 2.66. The summed E-state index contributed by atoms with van der Waals surface area (Å²) in [6, 6.07) is 2.29. The van der Waals surface area contributed by atoms with Crippen LogP contribution in [-0.2, 0) is 6.61 Å². The molecule has 0 N–H and O–H groups in total. The minimum atomic E-state index is -0.747. The molecule has 0 atom stereocenters. The van der Waals surface area contributed by atoms with Crippen molar-refractivity contribution in [3.05, 3.63) is 49.6 Å². The van der Waals surface area contributed by atoms with Gasteiger partial charge in [0.1, 0.15) is 6.61 Å². The molecule has 1 heterocycles. The largest absolute Gasteiger partial charge is 0.483 e.